The van der Waals surface area contributed by atoms with Gasteiger partial charge in [0.05, 0.1) is 39.3 Å². The summed E-state index contributed by atoms with van der Waals surface area (Å²) in [7, 11) is 0. The lowest BCUT2D eigenvalue weighted by Gasteiger charge is -2.50. The molecule has 0 amide bonds. The summed E-state index contributed by atoms with van der Waals surface area (Å²) in [5, 5.41) is 0. The molecule has 0 bridgehead atoms. The SMILES string of the molecule is C1=CO[C@]2(C1)OC(COCc1ccccc1)[C@@H](OCc1ccccc1)C(OCc1ccccc1)C2OCc1ccccc1. The van der Waals surface area contributed by atoms with E-state index in [1.54, 1.807) is 6.26 Å². The number of hydrogen-bond donors (Lipinski definition) is 0. The quantitative estimate of drug-likeness (QED) is 0.171. The maximum absolute atomic E-state index is 6.82. The van der Waals surface area contributed by atoms with Crippen LogP contribution in [0.3, 0.4) is 0 Å². The van der Waals surface area contributed by atoms with Crippen molar-refractivity contribution in [1.29, 1.82) is 0 Å². The zero-order chi connectivity index (χ0) is 29.2. The maximum Gasteiger partial charge on any atom is 0.242 e. The van der Waals surface area contributed by atoms with Crippen LogP contribution in [-0.2, 0) is 54.8 Å². The van der Waals surface area contributed by atoms with Crippen molar-refractivity contribution in [3.8, 4) is 0 Å². The van der Waals surface area contributed by atoms with Gasteiger partial charge < -0.3 is 28.4 Å². The molecule has 1 spiro atoms. The lowest BCUT2D eigenvalue weighted by atomic mass is 9.90. The van der Waals surface area contributed by atoms with Crippen LogP contribution in [0.5, 0.6) is 0 Å². The van der Waals surface area contributed by atoms with Crippen molar-refractivity contribution in [2.75, 3.05) is 6.61 Å². The molecule has 2 heterocycles. The predicted molar refractivity (Wildman–Crippen MR) is 164 cm³/mol. The van der Waals surface area contributed by atoms with Crippen LogP contribution in [0.25, 0.3) is 0 Å². The Labute approximate surface area is 253 Å². The molecule has 0 aliphatic carbocycles. The van der Waals surface area contributed by atoms with E-state index in [2.05, 4.69) is 36.4 Å². The minimum Gasteiger partial charge on any atom is -0.467 e. The molecule has 5 atom stereocenters. The second kappa shape index (κ2) is 14.6. The van der Waals surface area contributed by atoms with Crippen molar-refractivity contribution in [3.63, 3.8) is 0 Å². The Bertz CT molecular complexity index is 1390. The summed E-state index contributed by atoms with van der Waals surface area (Å²) in [6.45, 7) is 1.93. The van der Waals surface area contributed by atoms with E-state index in [9.17, 15) is 0 Å². The number of ether oxygens (including phenoxy) is 6. The van der Waals surface area contributed by atoms with Gasteiger partial charge in [0.15, 0.2) is 6.10 Å². The Balaban J connectivity index is 1.29. The summed E-state index contributed by atoms with van der Waals surface area (Å²) in [5.41, 5.74) is 4.28. The van der Waals surface area contributed by atoms with Gasteiger partial charge in [-0.1, -0.05) is 121 Å². The number of benzene rings is 4. The maximum atomic E-state index is 6.82. The number of hydrogen-bond acceptors (Lipinski definition) is 6. The second-order valence-corrected chi connectivity index (χ2v) is 10.9. The first kappa shape index (κ1) is 29.3. The first-order valence-electron chi connectivity index (χ1n) is 14.9. The van der Waals surface area contributed by atoms with E-state index in [4.69, 9.17) is 28.4 Å². The first-order chi connectivity index (χ1) is 21.3. The fourth-order valence-electron chi connectivity index (χ4n) is 5.60. The Hall–Kier alpha value is -3.78. The van der Waals surface area contributed by atoms with Crippen LogP contribution in [0, 0.1) is 0 Å². The van der Waals surface area contributed by atoms with Gasteiger partial charge in [0, 0.05) is 6.42 Å². The molecule has 1 saturated heterocycles. The lowest BCUT2D eigenvalue weighted by Crippen LogP contribution is -2.67. The molecule has 3 unspecified atom stereocenters. The monoisotopic (exact) mass is 578 g/mol. The third-order valence-electron chi connectivity index (χ3n) is 7.78. The van der Waals surface area contributed by atoms with Crippen molar-refractivity contribution >= 4 is 0 Å². The Morgan fingerprint density at radius 2 is 1.02 bits per heavy atom. The zero-order valence-electron chi connectivity index (χ0n) is 24.2. The molecule has 0 N–H and O–H groups in total. The van der Waals surface area contributed by atoms with Gasteiger partial charge in [-0.2, -0.15) is 0 Å². The molecule has 6 nitrogen and oxygen atoms in total. The molecule has 0 aromatic heterocycles. The zero-order valence-corrected chi connectivity index (χ0v) is 24.2. The van der Waals surface area contributed by atoms with Gasteiger partial charge in [-0.05, 0) is 28.3 Å². The highest BCUT2D eigenvalue weighted by Gasteiger charge is 2.59. The van der Waals surface area contributed by atoms with E-state index >= 15 is 0 Å². The van der Waals surface area contributed by atoms with Gasteiger partial charge in [0.25, 0.3) is 0 Å². The highest BCUT2D eigenvalue weighted by Crippen LogP contribution is 2.42. The Morgan fingerprint density at radius 1 is 0.558 bits per heavy atom. The molecule has 2 aliphatic rings. The third kappa shape index (κ3) is 7.60. The van der Waals surface area contributed by atoms with Crippen molar-refractivity contribution in [2.24, 2.45) is 0 Å². The minimum absolute atomic E-state index is 0.302. The van der Waals surface area contributed by atoms with Crippen molar-refractivity contribution in [3.05, 3.63) is 156 Å². The van der Waals surface area contributed by atoms with Crippen LogP contribution in [0.1, 0.15) is 28.7 Å². The molecule has 1 fully saturated rings. The molecule has 2 aliphatic heterocycles. The largest absolute Gasteiger partial charge is 0.467 e. The fraction of sp³-hybridized carbons (Fsp3) is 0.297. The van der Waals surface area contributed by atoms with Crippen LogP contribution < -0.4 is 0 Å². The van der Waals surface area contributed by atoms with Gasteiger partial charge in [-0.25, -0.2) is 0 Å². The molecule has 0 saturated carbocycles. The molecule has 4 aromatic rings. The second-order valence-electron chi connectivity index (χ2n) is 10.9. The van der Waals surface area contributed by atoms with E-state index in [-0.39, 0.29) is 0 Å². The van der Waals surface area contributed by atoms with Crippen molar-refractivity contribution in [2.45, 2.75) is 63.1 Å². The molecular weight excluding hydrogens is 540 g/mol. The van der Waals surface area contributed by atoms with Gasteiger partial charge >= 0.3 is 0 Å². The standard InChI is InChI=1S/C37H38O6/c1-5-14-29(15-6-1)24-38-28-33-34(39-25-30-16-7-2-8-17-30)35(40-26-31-18-9-3-10-19-31)36(37(43-33)22-13-23-42-37)41-27-32-20-11-4-12-21-32/h1-21,23,33-36H,22,24-28H2/t33?,34-,35?,36?,37-/m1/s1. The summed E-state index contributed by atoms with van der Waals surface area (Å²) in [5.74, 6) is -1.07. The number of rotatable bonds is 13. The van der Waals surface area contributed by atoms with E-state index in [1.807, 2.05) is 91.0 Å². The topological polar surface area (TPSA) is 55.4 Å². The molecule has 4 aromatic carbocycles. The Morgan fingerprint density at radius 3 is 1.51 bits per heavy atom. The van der Waals surface area contributed by atoms with E-state index < -0.39 is 30.2 Å². The molecule has 43 heavy (non-hydrogen) atoms. The normalized spacial score (nSPS) is 24.7. The van der Waals surface area contributed by atoms with Crippen LogP contribution in [0.2, 0.25) is 0 Å². The highest BCUT2D eigenvalue weighted by molar-refractivity contribution is 5.17. The smallest absolute Gasteiger partial charge is 0.242 e. The fourth-order valence-corrected chi connectivity index (χ4v) is 5.60. The molecule has 0 radical (unpaired) electrons. The summed E-state index contributed by atoms with van der Waals surface area (Å²) >= 11 is 0. The van der Waals surface area contributed by atoms with Crippen LogP contribution in [-0.4, -0.2) is 36.8 Å². The van der Waals surface area contributed by atoms with Gasteiger partial charge in [0.1, 0.15) is 18.3 Å². The minimum atomic E-state index is -1.07. The third-order valence-corrected chi connectivity index (χ3v) is 7.78. The summed E-state index contributed by atoms with van der Waals surface area (Å²) in [6.07, 6.45) is 2.16. The van der Waals surface area contributed by atoms with E-state index in [0.29, 0.717) is 39.5 Å². The molecule has 6 rings (SSSR count). The predicted octanol–water partition coefficient (Wildman–Crippen LogP) is 6.99. The van der Waals surface area contributed by atoms with Gasteiger partial charge in [-0.3, -0.25) is 0 Å². The van der Waals surface area contributed by atoms with Crippen LogP contribution >= 0.6 is 0 Å². The summed E-state index contributed by atoms with van der Waals surface area (Å²) in [4.78, 5) is 0. The van der Waals surface area contributed by atoms with Crippen molar-refractivity contribution < 1.29 is 28.4 Å². The van der Waals surface area contributed by atoms with Gasteiger partial charge in [-0.15, -0.1) is 0 Å². The highest BCUT2D eigenvalue weighted by atomic mass is 16.7. The van der Waals surface area contributed by atoms with Crippen molar-refractivity contribution in [1.82, 2.24) is 0 Å². The van der Waals surface area contributed by atoms with E-state index in [1.165, 1.54) is 0 Å². The average molecular weight is 579 g/mol. The molecular formula is C37H38O6. The Kier molecular flexibility index (Phi) is 9.95. The lowest BCUT2D eigenvalue weighted by molar-refractivity contribution is -0.365. The first-order valence-corrected chi connectivity index (χ1v) is 14.9. The van der Waals surface area contributed by atoms with E-state index in [0.717, 1.165) is 22.3 Å². The summed E-state index contributed by atoms with van der Waals surface area (Å²) in [6, 6.07) is 40.5. The summed E-state index contributed by atoms with van der Waals surface area (Å²) < 4.78 is 39.4. The van der Waals surface area contributed by atoms with Crippen LogP contribution in [0.15, 0.2) is 134 Å². The molecule has 6 heteroatoms. The van der Waals surface area contributed by atoms with Gasteiger partial charge in [0.2, 0.25) is 5.79 Å². The van der Waals surface area contributed by atoms with Crippen LogP contribution in [0.4, 0.5) is 0 Å². The molecule has 222 valence electrons. The average Bonchev–Trinajstić information content (AvgIpc) is 3.53.